The van der Waals surface area contributed by atoms with Crippen molar-refractivity contribution in [3.8, 4) is 6.07 Å². The van der Waals surface area contributed by atoms with Crippen molar-refractivity contribution in [3.05, 3.63) is 41.9 Å². The first-order chi connectivity index (χ1) is 8.40. The molecule has 99 valence electrons. The molecule has 0 aliphatic carbocycles. The van der Waals surface area contributed by atoms with Crippen LogP contribution in [0.2, 0.25) is 0 Å². The van der Waals surface area contributed by atoms with Gasteiger partial charge in [0, 0.05) is 32.7 Å². The number of alkyl carbamates (subject to hydrolysis) is 1. The molecule has 0 heterocycles. The molecule has 1 aromatic rings. The summed E-state index contributed by atoms with van der Waals surface area (Å²) in [7, 11) is 0. The van der Waals surface area contributed by atoms with Gasteiger partial charge < -0.3 is 10.1 Å². The van der Waals surface area contributed by atoms with Gasteiger partial charge in [0.2, 0.25) is 0 Å². The zero-order valence-electron chi connectivity index (χ0n) is 11.4. The predicted molar refractivity (Wildman–Crippen MR) is 68.5 cm³/mol. The van der Waals surface area contributed by atoms with E-state index in [9.17, 15) is 4.79 Å². The van der Waals surface area contributed by atoms with E-state index in [4.69, 9.17) is 10.00 Å². The largest absolute Gasteiger partial charge is 0.470 e. The van der Waals surface area contributed by atoms with E-state index < -0.39 is 11.7 Å². The van der Waals surface area contributed by atoms with E-state index in [-0.39, 0.29) is 32.7 Å². The number of nitriles is 1. The molecule has 1 rings (SSSR count). The maximum atomic E-state index is 11.3. The number of benzene rings is 1. The second-order valence-corrected chi connectivity index (χ2v) is 4.86. The van der Waals surface area contributed by atoms with Gasteiger partial charge in [0.25, 0.3) is 0 Å². The van der Waals surface area contributed by atoms with Gasteiger partial charge in [0.1, 0.15) is 5.60 Å². The smallest absolute Gasteiger partial charge is 0.378 e. The first kappa shape index (κ1) is 18.1. The molecule has 0 aromatic heterocycles. The molecule has 0 atom stereocenters. The molecule has 1 aromatic carbocycles. The molecule has 1 radical (unpaired) electrons. The van der Waals surface area contributed by atoms with Gasteiger partial charge in [-0.2, -0.15) is 5.26 Å². The molecule has 0 saturated carbocycles. The summed E-state index contributed by atoms with van der Waals surface area (Å²) >= 11 is 0. The number of hydrogen-bond acceptors (Lipinski definition) is 3. The molecule has 0 saturated heterocycles. The van der Waals surface area contributed by atoms with E-state index >= 15 is 0 Å². The topological polar surface area (TPSA) is 62.1 Å². The fourth-order valence-corrected chi connectivity index (χ4v) is 1.28. The van der Waals surface area contributed by atoms with E-state index in [1.807, 2.05) is 32.9 Å². The summed E-state index contributed by atoms with van der Waals surface area (Å²) in [5.74, 6) is 0. The van der Waals surface area contributed by atoms with Crippen LogP contribution in [0.25, 0.3) is 0 Å². The van der Waals surface area contributed by atoms with Gasteiger partial charge in [0.15, 0.2) is 0 Å². The number of ether oxygens (including phenoxy) is 1. The number of hydrogen-bond donors (Lipinski definition) is 1. The van der Waals surface area contributed by atoms with Gasteiger partial charge in [-0.3, -0.25) is 0 Å². The molecule has 5 heteroatoms. The van der Waals surface area contributed by atoms with Crippen molar-refractivity contribution >= 4 is 6.09 Å². The summed E-state index contributed by atoms with van der Waals surface area (Å²) in [4.78, 5) is 11.3. The first-order valence-electron chi connectivity index (χ1n) is 5.71. The Morgan fingerprint density at radius 3 is 2.42 bits per heavy atom. The number of rotatable bonds is 3. The SMILES string of the molecule is CC(C)(C)OC(=O)N[CH-]Cc1ccc(C#N)cc1.[Y]. The van der Waals surface area contributed by atoms with Crippen molar-refractivity contribution in [2.45, 2.75) is 32.8 Å². The number of carbonyl (C=O) groups is 1. The number of carbonyl (C=O) groups excluding carboxylic acids is 1. The summed E-state index contributed by atoms with van der Waals surface area (Å²) in [6, 6.07) is 9.25. The zero-order chi connectivity index (χ0) is 13.6. The quantitative estimate of drug-likeness (QED) is 0.865. The Morgan fingerprint density at radius 1 is 1.37 bits per heavy atom. The third-order valence-corrected chi connectivity index (χ3v) is 2.04. The van der Waals surface area contributed by atoms with Crippen LogP contribution >= 0.6 is 0 Å². The van der Waals surface area contributed by atoms with Crippen LogP contribution in [0.15, 0.2) is 24.3 Å². The van der Waals surface area contributed by atoms with Gasteiger partial charge in [0.05, 0.1) is 11.6 Å². The van der Waals surface area contributed by atoms with Crippen LogP contribution in [0.5, 0.6) is 0 Å². The second kappa shape index (κ2) is 8.29. The van der Waals surface area contributed by atoms with Crippen molar-refractivity contribution in [1.82, 2.24) is 5.32 Å². The zero-order valence-corrected chi connectivity index (χ0v) is 14.3. The predicted octanol–water partition coefficient (Wildman–Crippen LogP) is 2.78. The maximum Gasteiger partial charge on any atom is 0.378 e. The average Bonchev–Trinajstić information content (AvgIpc) is 2.27. The third kappa shape index (κ3) is 7.97. The van der Waals surface area contributed by atoms with E-state index in [1.54, 1.807) is 18.7 Å². The Morgan fingerprint density at radius 2 is 1.95 bits per heavy atom. The monoisotopic (exact) mass is 334 g/mol. The Bertz CT molecular complexity index is 444. The third-order valence-electron chi connectivity index (χ3n) is 2.04. The Hall–Kier alpha value is -0.916. The summed E-state index contributed by atoms with van der Waals surface area (Å²) < 4.78 is 5.09. The molecule has 1 N–H and O–H groups in total. The number of nitrogens with zero attached hydrogens (tertiary/aromatic N) is 1. The second-order valence-electron chi connectivity index (χ2n) is 4.86. The van der Waals surface area contributed by atoms with Crippen molar-refractivity contribution in [3.63, 3.8) is 0 Å². The van der Waals surface area contributed by atoms with Gasteiger partial charge in [-0.05, 0) is 32.9 Å². The number of nitrogens with one attached hydrogen (secondary N) is 1. The molecule has 0 aliphatic heterocycles. The normalized spacial score (nSPS) is 10.0. The van der Waals surface area contributed by atoms with Gasteiger partial charge in [-0.1, -0.05) is 17.7 Å². The van der Waals surface area contributed by atoms with E-state index in [0.717, 1.165) is 5.56 Å². The molecule has 0 aliphatic rings. The Balaban J connectivity index is 0.00000324. The average molecular weight is 334 g/mol. The fourth-order valence-electron chi connectivity index (χ4n) is 1.28. The minimum Gasteiger partial charge on any atom is -0.470 e. The van der Waals surface area contributed by atoms with Crippen LogP contribution in [0.4, 0.5) is 4.79 Å². The Kier molecular flexibility index (Phi) is 7.89. The van der Waals surface area contributed by atoms with E-state index in [2.05, 4.69) is 11.4 Å². The molecular formula is C14H17N2O2Y-. The van der Waals surface area contributed by atoms with Crippen LogP contribution in [-0.4, -0.2) is 11.7 Å². The van der Waals surface area contributed by atoms with E-state index in [1.165, 1.54) is 0 Å². The van der Waals surface area contributed by atoms with Crippen molar-refractivity contribution in [1.29, 1.82) is 5.26 Å². The molecule has 0 fully saturated rings. The standard InChI is InChI=1S/C14H17N2O2.Y/c1-14(2,3)18-13(17)16-9-8-11-4-6-12(10-15)7-5-11;/h4-7,9H,8H2,1-3H3,(H,16,17);/q-1;. The molecule has 19 heavy (non-hydrogen) atoms. The Labute approximate surface area is 139 Å². The van der Waals surface area contributed by atoms with Gasteiger partial charge >= 0.3 is 6.09 Å². The minimum absolute atomic E-state index is 0. The first-order valence-corrected chi connectivity index (χ1v) is 5.71. The molecular weight excluding hydrogens is 317 g/mol. The minimum atomic E-state index is -0.494. The van der Waals surface area contributed by atoms with Crippen LogP contribution in [-0.2, 0) is 43.9 Å². The van der Waals surface area contributed by atoms with Crippen molar-refractivity contribution < 1.29 is 42.2 Å². The summed E-state index contributed by atoms with van der Waals surface area (Å²) in [6.07, 6.45) is 0.126. The summed E-state index contributed by atoms with van der Waals surface area (Å²) in [5, 5.41) is 11.2. The molecule has 0 bridgehead atoms. The van der Waals surface area contributed by atoms with Gasteiger partial charge in [-0.25, -0.2) is 11.3 Å². The van der Waals surface area contributed by atoms with Crippen LogP contribution in [0.3, 0.4) is 0 Å². The number of amides is 1. The summed E-state index contributed by atoms with van der Waals surface area (Å²) in [6.45, 7) is 7.07. The summed E-state index contributed by atoms with van der Waals surface area (Å²) in [5.41, 5.74) is 1.15. The molecule has 4 nitrogen and oxygen atoms in total. The van der Waals surface area contributed by atoms with Crippen molar-refractivity contribution in [2.75, 3.05) is 0 Å². The van der Waals surface area contributed by atoms with Gasteiger partial charge in [-0.15, -0.1) is 6.42 Å². The fraction of sp³-hybridized carbons (Fsp3) is 0.357. The van der Waals surface area contributed by atoms with Crippen molar-refractivity contribution in [2.24, 2.45) is 0 Å². The molecule has 1 amide bonds. The molecule has 0 unspecified atom stereocenters. The van der Waals surface area contributed by atoms with E-state index in [0.29, 0.717) is 12.0 Å². The maximum absolute atomic E-state index is 11.3. The van der Waals surface area contributed by atoms with Crippen LogP contribution < -0.4 is 5.32 Å². The van der Waals surface area contributed by atoms with Crippen LogP contribution in [0, 0.1) is 17.9 Å². The van der Waals surface area contributed by atoms with Crippen LogP contribution in [0.1, 0.15) is 31.9 Å². The molecule has 0 spiro atoms.